The fraction of sp³-hybridized carbons (Fsp3) is 0.625. The fourth-order valence-electron chi connectivity index (χ4n) is 2.99. The van der Waals surface area contributed by atoms with Gasteiger partial charge in [-0.2, -0.15) is 0 Å². The molecule has 4 heteroatoms. The number of likely N-dealkylation sites (tertiary alicyclic amines) is 1. The van der Waals surface area contributed by atoms with Gasteiger partial charge in [0.05, 0.1) is 6.10 Å². The highest BCUT2D eigenvalue weighted by atomic mass is 19.2. The van der Waals surface area contributed by atoms with Gasteiger partial charge >= 0.3 is 0 Å². The highest BCUT2D eigenvalue weighted by Gasteiger charge is 2.23. The van der Waals surface area contributed by atoms with Crippen molar-refractivity contribution in [2.45, 2.75) is 57.7 Å². The maximum atomic E-state index is 13.8. The molecule has 1 aliphatic heterocycles. The third-order valence-electron chi connectivity index (χ3n) is 4.02. The summed E-state index contributed by atoms with van der Waals surface area (Å²) in [5, 5.41) is 9.62. The van der Waals surface area contributed by atoms with E-state index in [2.05, 4.69) is 4.90 Å². The summed E-state index contributed by atoms with van der Waals surface area (Å²) < 4.78 is 27.1. The molecule has 1 aromatic rings. The molecule has 112 valence electrons. The van der Waals surface area contributed by atoms with E-state index in [0.717, 1.165) is 31.9 Å². The van der Waals surface area contributed by atoms with Gasteiger partial charge in [0, 0.05) is 18.2 Å². The molecule has 0 saturated carbocycles. The van der Waals surface area contributed by atoms with Crippen LogP contribution in [0.2, 0.25) is 0 Å². The summed E-state index contributed by atoms with van der Waals surface area (Å²) >= 11 is 0. The second kappa shape index (κ2) is 7.14. The molecule has 2 atom stereocenters. The van der Waals surface area contributed by atoms with Gasteiger partial charge in [-0.25, -0.2) is 8.78 Å². The zero-order chi connectivity index (χ0) is 14.5. The van der Waals surface area contributed by atoms with Crippen LogP contribution in [-0.2, 0) is 6.54 Å². The number of aliphatic hydroxyl groups excluding tert-OH is 1. The molecule has 1 saturated heterocycles. The van der Waals surface area contributed by atoms with Crippen molar-refractivity contribution < 1.29 is 13.9 Å². The van der Waals surface area contributed by atoms with Crippen molar-refractivity contribution in [1.29, 1.82) is 0 Å². The van der Waals surface area contributed by atoms with Crippen LogP contribution < -0.4 is 0 Å². The second-order valence-corrected chi connectivity index (χ2v) is 5.77. The highest BCUT2D eigenvalue weighted by Crippen LogP contribution is 2.24. The number of hydrogen-bond acceptors (Lipinski definition) is 2. The van der Waals surface area contributed by atoms with Gasteiger partial charge in [-0.3, -0.25) is 4.90 Å². The van der Waals surface area contributed by atoms with Crippen LogP contribution in [0.15, 0.2) is 18.2 Å². The molecule has 1 aromatic carbocycles. The molecule has 0 aromatic heterocycles. The molecule has 2 nitrogen and oxygen atoms in total. The van der Waals surface area contributed by atoms with E-state index in [9.17, 15) is 13.9 Å². The van der Waals surface area contributed by atoms with Crippen LogP contribution in [0.4, 0.5) is 8.78 Å². The molecule has 2 rings (SSSR count). The van der Waals surface area contributed by atoms with Gasteiger partial charge in [-0.1, -0.05) is 25.0 Å². The average Bonchev–Trinajstić information content (AvgIpc) is 2.60. The van der Waals surface area contributed by atoms with E-state index in [1.165, 1.54) is 6.42 Å². The summed E-state index contributed by atoms with van der Waals surface area (Å²) in [4.78, 5) is 2.19. The Hall–Kier alpha value is -1.00. The smallest absolute Gasteiger partial charge is 0.163 e. The molecule has 1 heterocycles. The molecular weight excluding hydrogens is 260 g/mol. The number of benzene rings is 1. The van der Waals surface area contributed by atoms with Gasteiger partial charge in [0.1, 0.15) is 0 Å². The molecule has 1 N–H and O–H groups in total. The highest BCUT2D eigenvalue weighted by molar-refractivity contribution is 5.19. The molecule has 0 spiro atoms. The monoisotopic (exact) mass is 283 g/mol. The summed E-state index contributed by atoms with van der Waals surface area (Å²) in [6.45, 7) is 3.08. The Labute approximate surface area is 119 Å². The Morgan fingerprint density at radius 2 is 2.10 bits per heavy atom. The summed E-state index contributed by atoms with van der Waals surface area (Å²) in [5.41, 5.74) is 0.405. The lowest BCUT2D eigenvalue weighted by Gasteiger charge is -2.31. The third-order valence-corrected chi connectivity index (χ3v) is 4.02. The number of halogens is 2. The Bertz CT molecular complexity index is 436. The van der Waals surface area contributed by atoms with Gasteiger partial charge in [0.2, 0.25) is 0 Å². The normalized spacial score (nSPS) is 22.5. The van der Waals surface area contributed by atoms with Crippen molar-refractivity contribution in [3.63, 3.8) is 0 Å². The van der Waals surface area contributed by atoms with Crippen molar-refractivity contribution in [3.8, 4) is 0 Å². The van der Waals surface area contributed by atoms with Crippen LogP contribution in [0, 0.1) is 11.6 Å². The number of hydrogen-bond donors (Lipinski definition) is 1. The van der Waals surface area contributed by atoms with E-state index in [1.54, 1.807) is 19.1 Å². The van der Waals surface area contributed by atoms with Gasteiger partial charge in [-0.05, 0) is 38.8 Å². The average molecular weight is 283 g/mol. The van der Waals surface area contributed by atoms with E-state index in [-0.39, 0.29) is 12.1 Å². The van der Waals surface area contributed by atoms with Gasteiger partial charge in [0.25, 0.3) is 0 Å². The van der Waals surface area contributed by atoms with Crippen molar-refractivity contribution >= 4 is 0 Å². The van der Waals surface area contributed by atoms with E-state index >= 15 is 0 Å². The van der Waals surface area contributed by atoms with Crippen LogP contribution in [0.25, 0.3) is 0 Å². The van der Waals surface area contributed by atoms with E-state index < -0.39 is 11.6 Å². The van der Waals surface area contributed by atoms with Crippen LogP contribution >= 0.6 is 0 Å². The molecule has 1 aliphatic rings. The number of nitrogens with zero attached hydrogens (tertiary/aromatic N) is 1. The minimum Gasteiger partial charge on any atom is -0.393 e. The Kier molecular flexibility index (Phi) is 5.49. The minimum absolute atomic E-state index is 0.250. The van der Waals surface area contributed by atoms with Gasteiger partial charge in [-0.15, -0.1) is 0 Å². The van der Waals surface area contributed by atoms with Gasteiger partial charge in [0.15, 0.2) is 11.6 Å². The van der Waals surface area contributed by atoms with Crippen molar-refractivity contribution in [3.05, 3.63) is 35.4 Å². The molecule has 0 aliphatic carbocycles. The van der Waals surface area contributed by atoms with Crippen molar-refractivity contribution in [1.82, 2.24) is 4.90 Å². The third kappa shape index (κ3) is 4.00. The number of rotatable bonds is 4. The van der Waals surface area contributed by atoms with Gasteiger partial charge < -0.3 is 5.11 Å². The molecule has 0 radical (unpaired) electrons. The first kappa shape index (κ1) is 15.4. The fourth-order valence-corrected chi connectivity index (χ4v) is 2.99. The largest absolute Gasteiger partial charge is 0.393 e. The van der Waals surface area contributed by atoms with Crippen LogP contribution in [-0.4, -0.2) is 28.7 Å². The summed E-state index contributed by atoms with van der Waals surface area (Å²) in [6, 6.07) is 4.59. The minimum atomic E-state index is -0.788. The topological polar surface area (TPSA) is 23.5 Å². The lowest BCUT2D eigenvalue weighted by Crippen LogP contribution is -2.36. The summed E-state index contributed by atoms with van der Waals surface area (Å²) in [7, 11) is 0. The maximum Gasteiger partial charge on any atom is 0.163 e. The Balaban J connectivity index is 2.12. The standard InChI is InChI=1S/C16H23F2NO/c1-12(20)10-14-7-3-2-4-9-19(14)11-13-6-5-8-15(17)16(13)18/h5-6,8,12,14,20H,2-4,7,9-11H2,1H3. The Morgan fingerprint density at radius 3 is 2.85 bits per heavy atom. The van der Waals surface area contributed by atoms with Crippen molar-refractivity contribution in [2.75, 3.05) is 6.54 Å². The molecular formula is C16H23F2NO. The first-order valence-corrected chi connectivity index (χ1v) is 7.43. The zero-order valence-corrected chi connectivity index (χ0v) is 12.0. The summed E-state index contributed by atoms with van der Waals surface area (Å²) in [6.07, 6.45) is 4.72. The molecule has 1 fully saturated rings. The number of aliphatic hydroxyl groups is 1. The van der Waals surface area contributed by atoms with Crippen molar-refractivity contribution in [2.24, 2.45) is 0 Å². The predicted octanol–water partition coefficient (Wildman–Crippen LogP) is 3.48. The van der Waals surface area contributed by atoms with Crippen LogP contribution in [0.5, 0.6) is 0 Å². The van der Waals surface area contributed by atoms with Crippen LogP contribution in [0.1, 0.15) is 44.6 Å². The molecule has 0 bridgehead atoms. The second-order valence-electron chi connectivity index (χ2n) is 5.77. The molecule has 0 amide bonds. The van der Waals surface area contributed by atoms with E-state index in [0.29, 0.717) is 18.5 Å². The first-order chi connectivity index (χ1) is 9.58. The predicted molar refractivity (Wildman–Crippen MR) is 75.3 cm³/mol. The molecule has 20 heavy (non-hydrogen) atoms. The lowest BCUT2D eigenvalue weighted by molar-refractivity contribution is 0.107. The lowest BCUT2D eigenvalue weighted by atomic mass is 10.0. The zero-order valence-electron chi connectivity index (χ0n) is 12.0. The summed E-state index contributed by atoms with van der Waals surface area (Å²) in [5.74, 6) is -1.53. The Morgan fingerprint density at radius 1 is 1.30 bits per heavy atom. The SMILES string of the molecule is CC(O)CC1CCCCCN1Cc1cccc(F)c1F. The van der Waals surface area contributed by atoms with E-state index in [1.807, 2.05) is 0 Å². The van der Waals surface area contributed by atoms with E-state index in [4.69, 9.17) is 0 Å². The maximum absolute atomic E-state index is 13.8. The quantitative estimate of drug-likeness (QED) is 0.914. The van der Waals surface area contributed by atoms with Crippen LogP contribution in [0.3, 0.4) is 0 Å². The first-order valence-electron chi connectivity index (χ1n) is 7.43. The molecule has 2 unspecified atom stereocenters.